The van der Waals surface area contributed by atoms with E-state index in [-0.39, 0.29) is 11.5 Å². The average molecular weight is 174 g/mol. The Bertz CT molecular complexity index is 296. The number of sulfone groups is 1. The lowest BCUT2D eigenvalue weighted by Crippen LogP contribution is -2.05. The van der Waals surface area contributed by atoms with E-state index in [1.54, 1.807) is 19.1 Å². The first kappa shape index (κ1) is 8.33. The van der Waals surface area contributed by atoms with Crippen LogP contribution < -0.4 is 0 Å². The number of rotatable bonds is 3. The molecular formula is C7H10O3S. The minimum atomic E-state index is -2.94. The van der Waals surface area contributed by atoms with Crippen molar-refractivity contribution in [1.82, 2.24) is 0 Å². The first-order chi connectivity index (χ1) is 5.14. The van der Waals surface area contributed by atoms with Crippen molar-refractivity contribution in [3.8, 4) is 0 Å². The summed E-state index contributed by atoms with van der Waals surface area (Å²) in [5.41, 5.74) is 0. The van der Waals surface area contributed by atoms with E-state index in [1.807, 2.05) is 0 Å². The molecule has 1 rings (SSSR count). The second kappa shape index (κ2) is 3.09. The first-order valence-electron chi connectivity index (χ1n) is 3.37. The fraction of sp³-hybridized carbons (Fsp3) is 0.429. The lowest BCUT2D eigenvalue weighted by atomic mass is 10.5. The molecule has 11 heavy (non-hydrogen) atoms. The van der Waals surface area contributed by atoms with Gasteiger partial charge in [-0.3, -0.25) is 0 Å². The fourth-order valence-corrected chi connectivity index (χ4v) is 1.52. The molecule has 0 spiro atoms. The van der Waals surface area contributed by atoms with E-state index in [4.69, 9.17) is 4.42 Å². The monoisotopic (exact) mass is 174 g/mol. The average Bonchev–Trinajstić information content (AvgIpc) is 2.39. The highest BCUT2D eigenvalue weighted by molar-refractivity contribution is 7.90. The second-order valence-electron chi connectivity index (χ2n) is 2.26. The topological polar surface area (TPSA) is 47.3 Å². The molecular weight excluding hydrogens is 164 g/mol. The smallest absolute Gasteiger partial charge is 0.157 e. The molecule has 62 valence electrons. The van der Waals surface area contributed by atoms with Gasteiger partial charge in [0, 0.05) is 5.75 Å². The summed E-state index contributed by atoms with van der Waals surface area (Å²) in [6, 6.07) is 3.34. The zero-order valence-corrected chi connectivity index (χ0v) is 7.10. The van der Waals surface area contributed by atoms with Gasteiger partial charge >= 0.3 is 0 Å². The summed E-state index contributed by atoms with van der Waals surface area (Å²) in [4.78, 5) is 0. The van der Waals surface area contributed by atoms with E-state index in [2.05, 4.69) is 0 Å². The summed E-state index contributed by atoms with van der Waals surface area (Å²) < 4.78 is 26.9. The van der Waals surface area contributed by atoms with Crippen molar-refractivity contribution in [1.29, 1.82) is 0 Å². The minimum absolute atomic E-state index is 0.0104. The number of hydrogen-bond acceptors (Lipinski definition) is 3. The van der Waals surface area contributed by atoms with Gasteiger partial charge in [0.25, 0.3) is 0 Å². The van der Waals surface area contributed by atoms with Crippen molar-refractivity contribution >= 4 is 9.84 Å². The van der Waals surface area contributed by atoms with Gasteiger partial charge in [-0.2, -0.15) is 0 Å². The highest BCUT2D eigenvalue weighted by Gasteiger charge is 2.09. The summed E-state index contributed by atoms with van der Waals surface area (Å²) in [6.45, 7) is 1.62. The summed E-state index contributed by atoms with van der Waals surface area (Å²) in [5, 5.41) is 0. The molecule has 0 saturated carbocycles. The van der Waals surface area contributed by atoms with E-state index >= 15 is 0 Å². The molecule has 1 aromatic rings. The van der Waals surface area contributed by atoms with Crippen molar-refractivity contribution in [2.45, 2.75) is 12.7 Å². The molecule has 0 fully saturated rings. The van der Waals surface area contributed by atoms with E-state index in [9.17, 15) is 8.42 Å². The Morgan fingerprint density at radius 2 is 2.27 bits per heavy atom. The molecule has 0 atom stereocenters. The van der Waals surface area contributed by atoms with Crippen molar-refractivity contribution in [2.24, 2.45) is 0 Å². The third-order valence-electron chi connectivity index (χ3n) is 1.38. The van der Waals surface area contributed by atoms with Gasteiger partial charge in [0.15, 0.2) is 9.84 Å². The van der Waals surface area contributed by atoms with Gasteiger partial charge < -0.3 is 4.42 Å². The van der Waals surface area contributed by atoms with Crippen molar-refractivity contribution in [2.75, 3.05) is 5.75 Å². The minimum Gasteiger partial charge on any atom is -0.468 e. The van der Waals surface area contributed by atoms with Crippen LogP contribution in [-0.2, 0) is 15.6 Å². The molecule has 0 unspecified atom stereocenters. The molecule has 0 amide bonds. The third-order valence-corrected chi connectivity index (χ3v) is 2.99. The van der Waals surface area contributed by atoms with Crippen molar-refractivity contribution in [3.05, 3.63) is 24.2 Å². The lowest BCUT2D eigenvalue weighted by molar-refractivity contribution is 0.521. The van der Waals surface area contributed by atoms with Gasteiger partial charge in [-0.15, -0.1) is 0 Å². The van der Waals surface area contributed by atoms with Crippen LogP contribution in [0.15, 0.2) is 22.8 Å². The normalized spacial score (nSPS) is 11.7. The molecule has 0 aliphatic carbocycles. The Hall–Kier alpha value is -0.770. The first-order valence-corrected chi connectivity index (χ1v) is 5.19. The predicted octanol–water partition coefficient (Wildman–Crippen LogP) is 1.21. The van der Waals surface area contributed by atoms with Crippen LogP contribution >= 0.6 is 0 Å². The van der Waals surface area contributed by atoms with Crippen LogP contribution in [0.1, 0.15) is 12.7 Å². The molecule has 0 bridgehead atoms. The van der Waals surface area contributed by atoms with Gasteiger partial charge in [-0.1, -0.05) is 6.92 Å². The molecule has 0 aliphatic rings. The number of furan rings is 1. The molecule has 0 saturated heterocycles. The zero-order chi connectivity index (χ0) is 8.32. The van der Waals surface area contributed by atoms with Crippen molar-refractivity contribution in [3.63, 3.8) is 0 Å². The SMILES string of the molecule is CCS(=O)(=O)Cc1ccco1. The molecule has 0 N–H and O–H groups in total. The Kier molecular flexibility index (Phi) is 2.34. The molecule has 1 heterocycles. The Morgan fingerprint density at radius 1 is 1.55 bits per heavy atom. The van der Waals surface area contributed by atoms with Gasteiger partial charge in [0.05, 0.1) is 6.26 Å². The van der Waals surface area contributed by atoms with Gasteiger partial charge in [0.2, 0.25) is 0 Å². The van der Waals surface area contributed by atoms with E-state index in [0.717, 1.165) is 0 Å². The van der Waals surface area contributed by atoms with Crippen LogP contribution in [0.25, 0.3) is 0 Å². The standard InChI is InChI=1S/C7H10O3S/c1-2-11(8,9)6-7-4-3-5-10-7/h3-5H,2,6H2,1H3. The second-order valence-corrected chi connectivity index (χ2v) is 4.61. The Balaban J connectivity index is 2.72. The zero-order valence-electron chi connectivity index (χ0n) is 6.28. The molecule has 4 heteroatoms. The highest BCUT2D eigenvalue weighted by Crippen LogP contribution is 2.06. The maximum Gasteiger partial charge on any atom is 0.157 e. The van der Waals surface area contributed by atoms with Gasteiger partial charge in [0.1, 0.15) is 11.5 Å². The summed E-state index contributed by atoms with van der Waals surface area (Å²) in [5.74, 6) is 0.677. The lowest BCUT2D eigenvalue weighted by Gasteiger charge is -1.95. The predicted molar refractivity (Wildman–Crippen MR) is 41.9 cm³/mol. The van der Waals surface area contributed by atoms with Crippen LogP contribution in [-0.4, -0.2) is 14.2 Å². The number of hydrogen-bond donors (Lipinski definition) is 0. The largest absolute Gasteiger partial charge is 0.468 e. The van der Waals surface area contributed by atoms with Crippen LogP contribution in [0.3, 0.4) is 0 Å². The fourth-order valence-electron chi connectivity index (χ4n) is 0.714. The van der Waals surface area contributed by atoms with E-state index in [0.29, 0.717) is 5.76 Å². The third kappa shape index (κ3) is 2.38. The quantitative estimate of drug-likeness (QED) is 0.692. The summed E-state index contributed by atoms with van der Waals surface area (Å²) in [7, 11) is -2.94. The van der Waals surface area contributed by atoms with Crippen LogP contribution in [0.5, 0.6) is 0 Å². The van der Waals surface area contributed by atoms with E-state index in [1.165, 1.54) is 6.26 Å². The van der Waals surface area contributed by atoms with Crippen LogP contribution in [0.4, 0.5) is 0 Å². The molecule has 0 aliphatic heterocycles. The highest BCUT2D eigenvalue weighted by atomic mass is 32.2. The molecule has 1 aromatic heterocycles. The summed E-state index contributed by atoms with van der Waals surface area (Å²) in [6.07, 6.45) is 1.47. The van der Waals surface area contributed by atoms with Crippen LogP contribution in [0, 0.1) is 0 Å². The Labute approximate surface area is 65.9 Å². The molecule has 3 nitrogen and oxygen atoms in total. The summed E-state index contributed by atoms with van der Waals surface area (Å²) >= 11 is 0. The molecule has 0 aromatic carbocycles. The van der Waals surface area contributed by atoms with E-state index < -0.39 is 9.84 Å². The molecule has 0 radical (unpaired) electrons. The van der Waals surface area contributed by atoms with Crippen LogP contribution in [0.2, 0.25) is 0 Å². The van der Waals surface area contributed by atoms with Gasteiger partial charge in [-0.25, -0.2) is 8.42 Å². The van der Waals surface area contributed by atoms with Gasteiger partial charge in [-0.05, 0) is 12.1 Å². The maximum absolute atomic E-state index is 11.0. The Morgan fingerprint density at radius 3 is 2.73 bits per heavy atom. The van der Waals surface area contributed by atoms with Crippen molar-refractivity contribution < 1.29 is 12.8 Å². The maximum atomic E-state index is 11.0.